The number of nitrogens with zero attached hydrogens (tertiary/aromatic N) is 2. The first kappa shape index (κ1) is 22.2. The highest BCUT2D eigenvalue weighted by Gasteiger charge is 2.16. The lowest BCUT2D eigenvalue weighted by Crippen LogP contribution is -2.40. The minimum atomic E-state index is -0.00695. The fourth-order valence-electron chi connectivity index (χ4n) is 3.92. The van der Waals surface area contributed by atoms with Gasteiger partial charge >= 0.3 is 0 Å². The fraction of sp³-hybridized carbons (Fsp3) is 0.385. The lowest BCUT2D eigenvalue weighted by Gasteiger charge is -2.31. The van der Waals surface area contributed by atoms with Crippen LogP contribution < -0.4 is 5.32 Å². The molecule has 1 saturated heterocycles. The number of rotatable bonds is 8. The molecule has 0 radical (unpaired) electrons. The van der Waals surface area contributed by atoms with Crippen molar-refractivity contribution in [2.24, 2.45) is 0 Å². The molecule has 1 aliphatic rings. The summed E-state index contributed by atoms with van der Waals surface area (Å²) in [4.78, 5) is 19.1. The first-order chi connectivity index (χ1) is 15.5. The van der Waals surface area contributed by atoms with Gasteiger partial charge in [0.2, 0.25) is 5.91 Å². The summed E-state index contributed by atoms with van der Waals surface area (Å²) in [6, 6.07) is 16.5. The summed E-state index contributed by atoms with van der Waals surface area (Å²) in [6.45, 7) is 8.28. The Labute approximate surface area is 189 Å². The number of hydrogen-bond acceptors (Lipinski definition) is 5. The second-order valence-electron chi connectivity index (χ2n) is 8.50. The molecule has 0 saturated carbocycles. The van der Waals surface area contributed by atoms with E-state index < -0.39 is 0 Å². The number of oxazole rings is 1. The van der Waals surface area contributed by atoms with Crippen molar-refractivity contribution >= 4 is 5.91 Å². The number of carbonyl (C=O) groups is 1. The molecule has 0 bridgehead atoms. The Kier molecular flexibility index (Phi) is 7.35. The lowest BCUT2D eigenvalue weighted by molar-refractivity contribution is -0.121. The van der Waals surface area contributed by atoms with Crippen molar-refractivity contribution in [2.75, 3.05) is 19.7 Å². The number of amides is 1. The molecule has 32 heavy (non-hydrogen) atoms. The summed E-state index contributed by atoms with van der Waals surface area (Å²) in [6.07, 6.45) is 2.83. The minimum Gasteiger partial charge on any atom is -0.441 e. The molecule has 4 rings (SSSR count). The molecule has 1 atom stereocenters. The zero-order valence-corrected chi connectivity index (χ0v) is 18.8. The van der Waals surface area contributed by atoms with E-state index in [0.29, 0.717) is 25.3 Å². The zero-order valence-electron chi connectivity index (χ0n) is 18.8. The smallest absolute Gasteiger partial charge is 0.220 e. The highest BCUT2D eigenvalue weighted by molar-refractivity contribution is 5.76. The quantitative estimate of drug-likeness (QED) is 0.579. The van der Waals surface area contributed by atoms with E-state index in [1.807, 2.05) is 30.3 Å². The van der Waals surface area contributed by atoms with Crippen molar-refractivity contribution in [2.45, 2.75) is 45.9 Å². The first-order valence-corrected chi connectivity index (χ1v) is 11.3. The van der Waals surface area contributed by atoms with Crippen LogP contribution in [0.2, 0.25) is 0 Å². The maximum Gasteiger partial charge on any atom is 0.220 e. The molecule has 1 N–H and O–H groups in total. The van der Waals surface area contributed by atoms with Crippen molar-refractivity contribution in [3.05, 3.63) is 77.3 Å². The van der Waals surface area contributed by atoms with Gasteiger partial charge in [-0.3, -0.25) is 9.69 Å². The Morgan fingerprint density at radius 1 is 1.19 bits per heavy atom. The molecule has 1 unspecified atom stereocenters. The summed E-state index contributed by atoms with van der Waals surface area (Å²) < 4.78 is 11.4. The van der Waals surface area contributed by atoms with E-state index in [-0.39, 0.29) is 12.0 Å². The van der Waals surface area contributed by atoms with E-state index in [4.69, 9.17) is 9.15 Å². The van der Waals surface area contributed by atoms with E-state index >= 15 is 0 Å². The van der Waals surface area contributed by atoms with Gasteiger partial charge in [-0.1, -0.05) is 54.1 Å². The molecule has 6 nitrogen and oxygen atoms in total. The number of aromatic nitrogens is 1. The van der Waals surface area contributed by atoms with Gasteiger partial charge < -0.3 is 14.5 Å². The molecule has 3 aromatic rings. The lowest BCUT2D eigenvalue weighted by atomic mass is 10.1. The number of aryl methyl sites for hydroxylation is 2. The normalized spacial score (nSPS) is 16.8. The van der Waals surface area contributed by atoms with E-state index in [1.54, 1.807) is 6.20 Å². The molecular weight excluding hydrogens is 402 g/mol. The average molecular weight is 434 g/mol. The molecule has 1 amide bonds. The number of carbonyl (C=O) groups excluding carboxylic acids is 1. The zero-order chi connectivity index (χ0) is 22.3. The van der Waals surface area contributed by atoms with Crippen LogP contribution in [0.4, 0.5) is 0 Å². The number of nitrogens with one attached hydrogen (secondary N) is 1. The van der Waals surface area contributed by atoms with Gasteiger partial charge in [-0.25, -0.2) is 4.98 Å². The first-order valence-electron chi connectivity index (χ1n) is 11.3. The SMILES string of the molecule is Cc1ccc(-c2cnc(CCC(=O)NCc3cccc(CN4CCOC(C)C4)c3)o2)cc1. The molecule has 168 valence electrons. The van der Waals surface area contributed by atoms with Crippen molar-refractivity contribution in [3.8, 4) is 11.3 Å². The van der Waals surface area contributed by atoms with E-state index in [0.717, 1.165) is 43.1 Å². The van der Waals surface area contributed by atoms with Crippen LogP contribution in [-0.2, 0) is 29.0 Å². The van der Waals surface area contributed by atoms with Crippen molar-refractivity contribution in [3.63, 3.8) is 0 Å². The third-order valence-electron chi connectivity index (χ3n) is 5.67. The van der Waals surface area contributed by atoms with Crippen LogP contribution in [0.25, 0.3) is 11.3 Å². The molecule has 2 aromatic carbocycles. The van der Waals surface area contributed by atoms with Gasteiger partial charge in [0.15, 0.2) is 11.7 Å². The van der Waals surface area contributed by atoms with Gasteiger partial charge in [-0.2, -0.15) is 0 Å². The van der Waals surface area contributed by atoms with Crippen LogP contribution in [0.15, 0.2) is 59.1 Å². The Hall–Kier alpha value is -2.96. The van der Waals surface area contributed by atoms with Crippen LogP contribution >= 0.6 is 0 Å². The highest BCUT2D eigenvalue weighted by atomic mass is 16.5. The molecule has 1 aliphatic heterocycles. The maximum absolute atomic E-state index is 12.3. The van der Waals surface area contributed by atoms with E-state index in [1.165, 1.54) is 11.1 Å². The molecule has 1 fully saturated rings. The molecule has 1 aromatic heterocycles. The Morgan fingerprint density at radius 3 is 2.81 bits per heavy atom. The van der Waals surface area contributed by atoms with Crippen molar-refractivity contribution < 1.29 is 13.9 Å². The largest absolute Gasteiger partial charge is 0.441 e. The predicted molar refractivity (Wildman–Crippen MR) is 124 cm³/mol. The van der Waals surface area contributed by atoms with Gasteiger partial charge in [0.25, 0.3) is 0 Å². The van der Waals surface area contributed by atoms with Gasteiger partial charge in [0, 0.05) is 44.6 Å². The average Bonchev–Trinajstić information content (AvgIpc) is 3.26. The van der Waals surface area contributed by atoms with Gasteiger partial charge in [0.1, 0.15) is 0 Å². The molecule has 0 spiro atoms. The topological polar surface area (TPSA) is 67.6 Å². The summed E-state index contributed by atoms with van der Waals surface area (Å²) >= 11 is 0. The minimum absolute atomic E-state index is 0.00695. The second kappa shape index (κ2) is 10.6. The van der Waals surface area contributed by atoms with Crippen LogP contribution in [-0.4, -0.2) is 41.6 Å². The number of ether oxygens (including phenoxy) is 1. The fourth-order valence-corrected chi connectivity index (χ4v) is 3.92. The van der Waals surface area contributed by atoms with Crippen LogP contribution in [0.1, 0.15) is 35.9 Å². The van der Waals surface area contributed by atoms with Gasteiger partial charge in [-0.15, -0.1) is 0 Å². The van der Waals surface area contributed by atoms with Crippen molar-refractivity contribution in [1.82, 2.24) is 15.2 Å². The third kappa shape index (κ3) is 6.28. The summed E-state index contributed by atoms with van der Waals surface area (Å²) in [5.74, 6) is 1.30. The summed E-state index contributed by atoms with van der Waals surface area (Å²) in [5.41, 5.74) is 4.56. The van der Waals surface area contributed by atoms with Crippen LogP contribution in [0.3, 0.4) is 0 Å². The van der Waals surface area contributed by atoms with Gasteiger partial charge in [-0.05, 0) is 25.0 Å². The standard InChI is InChI=1S/C26H31N3O3/c1-19-6-8-23(9-7-19)24-16-28-26(32-24)11-10-25(30)27-15-21-4-3-5-22(14-21)18-29-12-13-31-20(2)17-29/h3-9,14,16,20H,10-13,15,17-18H2,1-2H3,(H,27,30). The number of morpholine rings is 1. The third-order valence-corrected chi connectivity index (χ3v) is 5.67. The van der Waals surface area contributed by atoms with Crippen molar-refractivity contribution in [1.29, 1.82) is 0 Å². The molecular formula is C26H31N3O3. The number of benzene rings is 2. The van der Waals surface area contributed by atoms with E-state index in [9.17, 15) is 4.79 Å². The number of hydrogen-bond donors (Lipinski definition) is 1. The van der Waals surface area contributed by atoms with Crippen LogP contribution in [0, 0.1) is 6.92 Å². The Bertz CT molecular complexity index is 1030. The van der Waals surface area contributed by atoms with E-state index in [2.05, 4.69) is 47.2 Å². The van der Waals surface area contributed by atoms with Gasteiger partial charge in [0.05, 0.1) is 18.9 Å². The Balaban J connectivity index is 1.23. The molecule has 2 heterocycles. The highest BCUT2D eigenvalue weighted by Crippen LogP contribution is 2.21. The molecule has 6 heteroatoms. The second-order valence-corrected chi connectivity index (χ2v) is 8.50. The predicted octanol–water partition coefficient (Wildman–Crippen LogP) is 4.12. The summed E-state index contributed by atoms with van der Waals surface area (Å²) in [5, 5.41) is 3.01. The Morgan fingerprint density at radius 2 is 2.00 bits per heavy atom. The summed E-state index contributed by atoms with van der Waals surface area (Å²) in [7, 11) is 0. The van der Waals surface area contributed by atoms with Crippen LogP contribution in [0.5, 0.6) is 0 Å². The maximum atomic E-state index is 12.3. The monoisotopic (exact) mass is 433 g/mol. The molecule has 0 aliphatic carbocycles.